The van der Waals surface area contributed by atoms with Crippen molar-refractivity contribution >= 4 is 27.0 Å². The van der Waals surface area contributed by atoms with Crippen LogP contribution in [0.25, 0.3) is 22.0 Å². The molecule has 0 saturated heterocycles. The van der Waals surface area contributed by atoms with Gasteiger partial charge in [-0.05, 0) is 41.3 Å². The molecule has 0 aliphatic rings. The van der Waals surface area contributed by atoms with Crippen molar-refractivity contribution in [1.29, 1.82) is 0 Å². The van der Waals surface area contributed by atoms with Crippen molar-refractivity contribution in [3.63, 3.8) is 0 Å². The highest BCUT2D eigenvalue weighted by Crippen LogP contribution is 2.29. The van der Waals surface area contributed by atoms with Gasteiger partial charge in [-0.2, -0.15) is 17.4 Å². The first-order valence-corrected chi connectivity index (χ1v) is 10.9. The molecule has 29 heavy (non-hydrogen) atoms. The molecule has 3 aromatic rings. The van der Waals surface area contributed by atoms with Crippen LogP contribution in [0, 0.1) is 5.92 Å². The number of benzene rings is 1. The first-order valence-electron chi connectivity index (χ1n) is 9.50. The van der Waals surface area contributed by atoms with Gasteiger partial charge in [0.15, 0.2) is 0 Å². The molecule has 0 aliphatic heterocycles. The standard InChI is InChI=1S/C21H26N4O3S/c1-5-15(2)21(26)25-14-18(13-23-29(27,28)24(3)4)19-7-6-17(12-20(19)25)16-8-10-22-11-9-16/h6-12,14-15,23H,5,13H2,1-4H3. The second kappa shape index (κ2) is 8.44. The molecule has 0 fully saturated rings. The van der Waals surface area contributed by atoms with Crippen LogP contribution in [0.15, 0.2) is 48.9 Å². The predicted octanol–water partition coefficient (Wildman–Crippen LogP) is 3.29. The minimum absolute atomic E-state index is 0.00825. The van der Waals surface area contributed by atoms with Gasteiger partial charge in [-0.15, -0.1) is 0 Å². The van der Waals surface area contributed by atoms with E-state index in [1.54, 1.807) is 23.2 Å². The summed E-state index contributed by atoms with van der Waals surface area (Å²) in [4.78, 5) is 17.0. The van der Waals surface area contributed by atoms with Crippen molar-refractivity contribution in [2.45, 2.75) is 26.8 Å². The topological polar surface area (TPSA) is 84.3 Å². The fourth-order valence-electron chi connectivity index (χ4n) is 3.05. The average molecular weight is 415 g/mol. The number of hydrogen-bond acceptors (Lipinski definition) is 4. The summed E-state index contributed by atoms with van der Waals surface area (Å²) in [6, 6.07) is 9.70. The van der Waals surface area contributed by atoms with Gasteiger partial charge < -0.3 is 0 Å². The van der Waals surface area contributed by atoms with Gasteiger partial charge in [0.25, 0.3) is 10.2 Å². The van der Waals surface area contributed by atoms with Gasteiger partial charge >= 0.3 is 0 Å². The number of fused-ring (bicyclic) bond motifs is 1. The van der Waals surface area contributed by atoms with Crippen LogP contribution in [0.3, 0.4) is 0 Å². The average Bonchev–Trinajstić information content (AvgIpc) is 3.09. The summed E-state index contributed by atoms with van der Waals surface area (Å²) in [6.07, 6.45) is 5.92. The molecular weight excluding hydrogens is 388 g/mol. The Bertz CT molecular complexity index is 1120. The maximum atomic E-state index is 13.0. The van der Waals surface area contributed by atoms with E-state index in [2.05, 4.69) is 9.71 Å². The number of carbonyl (C=O) groups is 1. The van der Waals surface area contributed by atoms with Crippen molar-refractivity contribution in [3.05, 3.63) is 54.5 Å². The van der Waals surface area contributed by atoms with E-state index < -0.39 is 10.2 Å². The summed E-state index contributed by atoms with van der Waals surface area (Å²) in [5, 5.41) is 0.848. The highest BCUT2D eigenvalue weighted by atomic mass is 32.2. The lowest BCUT2D eigenvalue weighted by Gasteiger charge is -2.11. The van der Waals surface area contributed by atoms with E-state index in [0.717, 1.165) is 38.3 Å². The zero-order chi connectivity index (χ0) is 21.2. The van der Waals surface area contributed by atoms with E-state index in [1.807, 2.05) is 44.2 Å². The predicted molar refractivity (Wildman–Crippen MR) is 115 cm³/mol. The molecule has 0 amide bonds. The molecule has 3 rings (SSSR count). The van der Waals surface area contributed by atoms with Gasteiger partial charge in [0, 0.05) is 50.5 Å². The van der Waals surface area contributed by atoms with Crippen molar-refractivity contribution in [3.8, 4) is 11.1 Å². The molecule has 7 nitrogen and oxygen atoms in total. The highest BCUT2D eigenvalue weighted by molar-refractivity contribution is 7.87. The molecule has 0 bridgehead atoms. The minimum atomic E-state index is -3.57. The summed E-state index contributed by atoms with van der Waals surface area (Å²) in [5.74, 6) is -0.146. The van der Waals surface area contributed by atoms with E-state index in [0.29, 0.717) is 0 Å². The zero-order valence-electron chi connectivity index (χ0n) is 17.1. The Hall–Kier alpha value is -2.55. The molecule has 0 spiro atoms. The van der Waals surface area contributed by atoms with Gasteiger partial charge in [0.2, 0.25) is 5.91 Å². The third-order valence-corrected chi connectivity index (χ3v) is 6.57. The van der Waals surface area contributed by atoms with E-state index in [-0.39, 0.29) is 18.4 Å². The summed E-state index contributed by atoms with van der Waals surface area (Å²) in [6.45, 7) is 3.98. The van der Waals surface area contributed by atoms with E-state index in [4.69, 9.17) is 0 Å². The molecular formula is C21H26N4O3S. The summed E-state index contributed by atoms with van der Waals surface area (Å²) in [7, 11) is -0.623. The zero-order valence-corrected chi connectivity index (χ0v) is 17.9. The van der Waals surface area contributed by atoms with Crippen molar-refractivity contribution in [2.24, 2.45) is 5.92 Å². The Balaban J connectivity index is 2.09. The van der Waals surface area contributed by atoms with Crippen molar-refractivity contribution < 1.29 is 13.2 Å². The number of rotatable bonds is 7. The molecule has 1 aromatic carbocycles. The lowest BCUT2D eigenvalue weighted by Crippen LogP contribution is -2.35. The van der Waals surface area contributed by atoms with Crippen molar-refractivity contribution in [2.75, 3.05) is 14.1 Å². The summed E-state index contributed by atoms with van der Waals surface area (Å²) >= 11 is 0. The van der Waals surface area contributed by atoms with Gasteiger partial charge in [0.05, 0.1) is 5.52 Å². The second-order valence-corrected chi connectivity index (χ2v) is 9.22. The number of pyridine rings is 1. The Morgan fingerprint density at radius 3 is 2.48 bits per heavy atom. The summed E-state index contributed by atoms with van der Waals surface area (Å²) < 4.78 is 29.6. The van der Waals surface area contributed by atoms with Gasteiger partial charge in [0.1, 0.15) is 0 Å². The van der Waals surface area contributed by atoms with Crippen LogP contribution in [-0.4, -0.2) is 42.3 Å². The van der Waals surface area contributed by atoms with Crippen LogP contribution in [0.1, 0.15) is 30.6 Å². The fourth-order valence-corrected chi connectivity index (χ4v) is 3.65. The molecule has 2 aromatic heterocycles. The minimum Gasteiger partial charge on any atom is -0.287 e. The van der Waals surface area contributed by atoms with Gasteiger partial charge in [-0.3, -0.25) is 14.3 Å². The van der Waals surface area contributed by atoms with E-state index >= 15 is 0 Å². The van der Waals surface area contributed by atoms with Crippen LogP contribution in [0.4, 0.5) is 0 Å². The maximum Gasteiger partial charge on any atom is 0.279 e. The van der Waals surface area contributed by atoms with Gasteiger partial charge in [-0.1, -0.05) is 26.0 Å². The monoisotopic (exact) mass is 414 g/mol. The van der Waals surface area contributed by atoms with Crippen LogP contribution in [0.2, 0.25) is 0 Å². The van der Waals surface area contributed by atoms with E-state index in [1.165, 1.54) is 14.1 Å². The Morgan fingerprint density at radius 2 is 1.86 bits per heavy atom. The second-order valence-electron chi connectivity index (χ2n) is 7.25. The number of carbonyl (C=O) groups excluding carboxylic acids is 1. The first kappa shape index (κ1) is 21.2. The largest absolute Gasteiger partial charge is 0.287 e. The lowest BCUT2D eigenvalue weighted by molar-refractivity contribution is 0.0847. The fraction of sp³-hybridized carbons (Fsp3) is 0.333. The van der Waals surface area contributed by atoms with Crippen molar-refractivity contribution in [1.82, 2.24) is 18.6 Å². The van der Waals surface area contributed by atoms with Crippen LogP contribution in [0.5, 0.6) is 0 Å². The first-order chi connectivity index (χ1) is 13.7. The third kappa shape index (κ3) is 4.39. The molecule has 0 aliphatic carbocycles. The normalized spacial score (nSPS) is 13.1. The number of hydrogen-bond donors (Lipinski definition) is 1. The SMILES string of the molecule is CCC(C)C(=O)n1cc(CNS(=O)(=O)N(C)C)c2ccc(-c3ccncc3)cc21. The third-order valence-electron chi connectivity index (χ3n) is 5.10. The molecule has 154 valence electrons. The number of nitrogens with one attached hydrogen (secondary N) is 1. The Labute approximate surface area is 171 Å². The molecule has 0 saturated carbocycles. The maximum absolute atomic E-state index is 13.0. The molecule has 1 N–H and O–H groups in total. The van der Waals surface area contributed by atoms with Gasteiger partial charge in [-0.25, -0.2) is 0 Å². The molecule has 0 radical (unpaired) electrons. The van der Waals surface area contributed by atoms with Crippen LogP contribution in [-0.2, 0) is 16.8 Å². The molecule has 2 heterocycles. The lowest BCUT2D eigenvalue weighted by atomic mass is 10.0. The van der Waals surface area contributed by atoms with Crippen LogP contribution >= 0.6 is 0 Å². The molecule has 1 atom stereocenters. The number of aromatic nitrogens is 2. The Morgan fingerprint density at radius 1 is 1.17 bits per heavy atom. The smallest absolute Gasteiger partial charge is 0.279 e. The summed E-state index contributed by atoms with van der Waals surface area (Å²) in [5.41, 5.74) is 3.49. The van der Waals surface area contributed by atoms with E-state index in [9.17, 15) is 13.2 Å². The molecule has 8 heteroatoms. The number of nitrogens with zero attached hydrogens (tertiary/aromatic N) is 3. The van der Waals surface area contributed by atoms with Crippen LogP contribution < -0.4 is 4.72 Å². The quantitative estimate of drug-likeness (QED) is 0.643. The molecule has 1 unspecified atom stereocenters. The Kier molecular flexibility index (Phi) is 6.16. The highest BCUT2D eigenvalue weighted by Gasteiger charge is 2.20.